The summed E-state index contributed by atoms with van der Waals surface area (Å²) in [6.45, 7) is 5.44. The molecule has 0 fully saturated rings. The van der Waals surface area contributed by atoms with Crippen molar-refractivity contribution in [3.8, 4) is 0 Å². The van der Waals surface area contributed by atoms with E-state index in [0.717, 1.165) is 0 Å². The van der Waals surface area contributed by atoms with E-state index in [1.165, 1.54) is 10.9 Å². The van der Waals surface area contributed by atoms with Crippen LogP contribution in [0.2, 0.25) is 0 Å². The first kappa shape index (κ1) is 11.6. The van der Waals surface area contributed by atoms with E-state index >= 15 is 0 Å². The summed E-state index contributed by atoms with van der Waals surface area (Å²) >= 11 is 5.20. The predicted octanol–water partition coefficient (Wildman–Crippen LogP) is 1.93. The summed E-state index contributed by atoms with van der Waals surface area (Å²) in [6, 6.07) is 0. The van der Waals surface area contributed by atoms with Gasteiger partial charge in [0.2, 0.25) is 5.69 Å². The highest BCUT2D eigenvalue weighted by Crippen LogP contribution is 2.23. The van der Waals surface area contributed by atoms with Crippen molar-refractivity contribution in [3.63, 3.8) is 0 Å². The Morgan fingerprint density at radius 2 is 2.13 bits per heavy atom. The Hall–Kier alpha value is -1.43. The minimum atomic E-state index is -0.926. The van der Waals surface area contributed by atoms with E-state index in [9.17, 15) is 14.9 Å². The Labute approximate surface area is 91.0 Å². The average Bonchev–Trinajstić information content (AvgIpc) is 2.45. The number of nitro groups is 1. The Balaban J connectivity index is 3.34. The van der Waals surface area contributed by atoms with Crippen LogP contribution in [-0.4, -0.2) is 19.9 Å². The van der Waals surface area contributed by atoms with Crippen LogP contribution in [0.3, 0.4) is 0 Å². The SMILES string of the molecule is CC(C)(C)n1cc([N+](=O)[O-])c(C(=O)Cl)n1. The minimum Gasteiger partial charge on any atom is -0.273 e. The van der Waals surface area contributed by atoms with E-state index in [1.54, 1.807) is 0 Å². The maximum absolute atomic E-state index is 10.9. The quantitative estimate of drug-likeness (QED) is 0.443. The van der Waals surface area contributed by atoms with E-state index in [2.05, 4.69) is 5.10 Å². The molecule has 82 valence electrons. The predicted molar refractivity (Wildman–Crippen MR) is 54.1 cm³/mol. The van der Waals surface area contributed by atoms with E-state index < -0.39 is 15.7 Å². The van der Waals surface area contributed by atoms with E-state index in [1.807, 2.05) is 20.8 Å². The van der Waals surface area contributed by atoms with Crippen LogP contribution in [0.4, 0.5) is 5.69 Å². The molecular weight excluding hydrogens is 222 g/mol. The Kier molecular flexibility index (Phi) is 2.81. The molecule has 0 saturated carbocycles. The first-order valence-corrected chi connectivity index (χ1v) is 4.55. The summed E-state index contributed by atoms with van der Waals surface area (Å²) in [4.78, 5) is 20.8. The van der Waals surface area contributed by atoms with Gasteiger partial charge in [-0.25, -0.2) is 0 Å². The lowest BCUT2D eigenvalue weighted by molar-refractivity contribution is -0.385. The van der Waals surface area contributed by atoms with Gasteiger partial charge in [-0.3, -0.25) is 19.6 Å². The highest BCUT2D eigenvalue weighted by molar-refractivity contribution is 6.67. The third-order valence-corrected chi connectivity index (χ3v) is 1.94. The lowest BCUT2D eigenvalue weighted by Crippen LogP contribution is -2.22. The van der Waals surface area contributed by atoms with Crippen LogP contribution in [0, 0.1) is 10.1 Å². The third kappa shape index (κ3) is 2.33. The number of rotatable bonds is 2. The summed E-state index contributed by atoms with van der Waals surface area (Å²) in [6.07, 6.45) is 1.20. The van der Waals surface area contributed by atoms with Crippen LogP contribution in [-0.2, 0) is 5.54 Å². The zero-order chi connectivity index (χ0) is 11.8. The molecule has 0 aliphatic carbocycles. The second-order valence-electron chi connectivity index (χ2n) is 4.01. The van der Waals surface area contributed by atoms with Crippen molar-refractivity contribution >= 4 is 22.5 Å². The Morgan fingerprint density at radius 3 is 2.40 bits per heavy atom. The average molecular weight is 232 g/mol. The van der Waals surface area contributed by atoms with Gasteiger partial charge in [0.15, 0.2) is 0 Å². The van der Waals surface area contributed by atoms with Crippen LogP contribution >= 0.6 is 11.6 Å². The zero-order valence-electron chi connectivity index (χ0n) is 8.52. The maximum atomic E-state index is 10.9. The summed E-state index contributed by atoms with van der Waals surface area (Å²) in [5.74, 6) is 0. The molecule has 1 aromatic heterocycles. The Morgan fingerprint density at radius 1 is 1.60 bits per heavy atom. The monoisotopic (exact) mass is 231 g/mol. The Bertz CT molecular complexity index is 388. The highest BCUT2D eigenvalue weighted by Gasteiger charge is 2.27. The number of carbonyl (C=O) groups is 1. The molecule has 0 radical (unpaired) electrons. The number of aromatic nitrogens is 2. The molecule has 0 N–H and O–H groups in total. The van der Waals surface area contributed by atoms with Crippen molar-refractivity contribution in [2.45, 2.75) is 26.3 Å². The maximum Gasteiger partial charge on any atom is 0.319 e. The minimum absolute atomic E-state index is 0.323. The van der Waals surface area contributed by atoms with Crippen LogP contribution in [0.25, 0.3) is 0 Å². The second-order valence-corrected chi connectivity index (χ2v) is 4.35. The number of carbonyl (C=O) groups excluding carboxylic acids is 1. The number of hydrogen-bond donors (Lipinski definition) is 0. The largest absolute Gasteiger partial charge is 0.319 e. The van der Waals surface area contributed by atoms with E-state index in [0.29, 0.717) is 0 Å². The first-order chi connectivity index (χ1) is 6.73. The van der Waals surface area contributed by atoms with Crippen molar-refractivity contribution in [1.82, 2.24) is 9.78 Å². The van der Waals surface area contributed by atoms with Crippen molar-refractivity contribution < 1.29 is 9.72 Å². The van der Waals surface area contributed by atoms with Gasteiger partial charge in [-0.2, -0.15) is 5.10 Å². The molecule has 0 aliphatic heterocycles. The molecule has 0 bridgehead atoms. The second kappa shape index (κ2) is 3.62. The van der Waals surface area contributed by atoms with Gasteiger partial charge in [-0.1, -0.05) is 0 Å². The van der Waals surface area contributed by atoms with Gasteiger partial charge in [0.1, 0.15) is 6.20 Å². The van der Waals surface area contributed by atoms with Crippen molar-refractivity contribution in [3.05, 3.63) is 22.0 Å². The van der Waals surface area contributed by atoms with Gasteiger partial charge >= 0.3 is 5.69 Å². The number of halogens is 1. The third-order valence-electron chi connectivity index (χ3n) is 1.77. The van der Waals surface area contributed by atoms with Gasteiger partial charge in [-0.05, 0) is 32.4 Å². The topological polar surface area (TPSA) is 78.0 Å². The molecule has 15 heavy (non-hydrogen) atoms. The smallest absolute Gasteiger partial charge is 0.273 e. The number of nitrogens with zero attached hydrogens (tertiary/aromatic N) is 3. The zero-order valence-corrected chi connectivity index (χ0v) is 9.28. The van der Waals surface area contributed by atoms with Crippen LogP contribution in [0.5, 0.6) is 0 Å². The molecular formula is C8H10ClN3O3. The lowest BCUT2D eigenvalue weighted by atomic mass is 10.1. The molecule has 1 rings (SSSR count). The molecule has 0 spiro atoms. The van der Waals surface area contributed by atoms with Gasteiger partial charge in [0.25, 0.3) is 5.24 Å². The molecule has 0 aromatic carbocycles. The van der Waals surface area contributed by atoms with E-state index in [4.69, 9.17) is 11.6 Å². The molecule has 0 atom stereocenters. The lowest BCUT2D eigenvalue weighted by Gasteiger charge is -2.18. The van der Waals surface area contributed by atoms with Crippen LogP contribution in [0.1, 0.15) is 31.3 Å². The van der Waals surface area contributed by atoms with Crippen molar-refractivity contribution in [2.75, 3.05) is 0 Å². The van der Waals surface area contributed by atoms with Gasteiger partial charge in [0, 0.05) is 0 Å². The van der Waals surface area contributed by atoms with E-state index in [-0.39, 0.29) is 11.4 Å². The molecule has 0 amide bonds. The molecule has 7 heteroatoms. The fourth-order valence-electron chi connectivity index (χ4n) is 0.982. The van der Waals surface area contributed by atoms with Crippen molar-refractivity contribution in [2.24, 2.45) is 0 Å². The molecule has 1 heterocycles. The van der Waals surface area contributed by atoms with Crippen LogP contribution in [0.15, 0.2) is 6.20 Å². The van der Waals surface area contributed by atoms with Crippen LogP contribution < -0.4 is 0 Å². The van der Waals surface area contributed by atoms with Gasteiger partial charge in [0.05, 0.1) is 10.5 Å². The molecule has 1 aromatic rings. The summed E-state index contributed by atoms with van der Waals surface area (Å²) in [5, 5.41) is 13.5. The van der Waals surface area contributed by atoms with Gasteiger partial charge < -0.3 is 0 Å². The normalized spacial score (nSPS) is 11.5. The standard InChI is InChI=1S/C8H10ClN3O3/c1-8(2,3)11-4-5(12(14)15)6(10-11)7(9)13/h4H,1-3H3. The highest BCUT2D eigenvalue weighted by atomic mass is 35.5. The fourth-order valence-corrected chi connectivity index (χ4v) is 1.12. The molecule has 0 aliphatic rings. The first-order valence-electron chi connectivity index (χ1n) is 4.18. The molecule has 0 unspecified atom stereocenters. The number of hydrogen-bond acceptors (Lipinski definition) is 4. The molecule has 0 saturated heterocycles. The fraction of sp³-hybridized carbons (Fsp3) is 0.500. The van der Waals surface area contributed by atoms with Crippen molar-refractivity contribution in [1.29, 1.82) is 0 Å². The summed E-state index contributed by atoms with van der Waals surface area (Å²) in [5.41, 5.74) is -1.13. The van der Waals surface area contributed by atoms with Gasteiger partial charge in [-0.15, -0.1) is 0 Å². The molecule has 6 nitrogen and oxygen atoms in total. The summed E-state index contributed by atoms with van der Waals surface area (Å²) < 4.78 is 1.35. The summed E-state index contributed by atoms with van der Waals surface area (Å²) in [7, 11) is 0.